The molecule has 0 fully saturated rings. The second-order valence-electron chi connectivity index (χ2n) is 4.78. The van der Waals surface area contributed by atoms with Gasteiger partial charge in [-0.25, -0.2) is 4.39 Å². The lowest BCUT2D eigenvalue weighted by molar-refractivity contribution is -0.120. The second kappa shape index (κ2) is 4.45. The van der Waals surface area contributed by atoms with Crippen molar-refractivity contribution in [3.63, 3.8) is 0 Å². The molecule has 1 aromatic carbocycles. The Hall–Kier alpha value is -1.42. The van der Waals surface area contributed by atoms with E-state index in [1.54, 1.807) is 11.0 Å². The third-order valence-corrected chi connectivity index (χ3v) is 3.21. The van der Waals surface area contributed by atoms with Crippen LogP contribution in [0.15, 0.2) is 18.2 Å². The Bertz CT molecular complexity index is 445. The maximum Gasteiger partial charge on any atom is 0.244 e. The molecule has 2 rings (SSSR count). The molecule has 2 N–H and O–H groups in total. The molecule has 1 aliphatic rings. The predicted molar refractivity (Wildman–Crippen MR) is 65.3 cm³/mol. The minimum atomic E-state index is -0.524. The van der Waals surface area contributed by atoms with Gasteiger partial charge in [-0.2, -0.15) is 0 Å². The smallest absolute Gasteiger partial charge is 0.244 e. The first-order chi connectivity index (χ1) is 8.00. The van der Waals surface area contributed by atoms with E-state index in [-0.39, 0.29) is 17.6 Å². The molecule has 0 saturated heterocycles. The molecule has 1 heterocycles. The summed E-state index contributed by atoms with van der Waals surface area (Å²) in [5.74, 6) is -0.356. The summed E-state index contributed by atoms with van der Waals surface area (Å²) in [6.45, 7) is 4.41. The van der Waals surface area contributed by atoms with E-state index in [2.05, 4.69) is 0 Å². The van der Waals surface area contributed by atoms with Gasteiger partial charge in [-0.05, 0) is 30.0 Å². The normalized spacial score (nSPS) is 16.2. The molecule has 0 saturated carbocycles. The molecular weight excluding hydrogens is 219 g/mol. The van der Waals surface area contributed by atoms with Crippen LogP contribution < -0.4 is 10.6 Å². The van der Waals surface area contributed by atoms with Crippen molar-refractivity contribution >= 4 is 11.6 Å². The standard InChI is InChI=1S/C13H17FN2O/c1-8(2)12(15)13(17)16-6-5-9-3-4-10(14)7-11(9)16/h3-4,7-8,12H,5-6,15H2,1-2H3. The Morgan fingerprint density at radius 3 is 2.82 bits per heavy atom. The van der Waals surface area contributed by atoms with E-state index < -0.39 is 6.04 Å². The number of nitrogens with two attached hydrogens (primary N) is 1. The van der Waals surface area contributed by atoms with Gasteiger partial charge in [0.25, 0.3) is 0 Å². The minimum Gasteiger partial charge on any atom is -0.320 e. The Morgan fingerprint density at radius 1 is 1.47 bits per heavy atom. The Labute approximate surface area is 100 Å². The fourth-order valence-corrected chi connectivity index (χ4v) is 2.05. The fraction of sp³-hybridized carbons (Fsp3) is 0.462. The molecule has 1 amide bonds. The number of carbonyl (C=O) groups excluding carboxylic acids is 1. The molecule has 1 aliphatic heterocycles. The summed E-state index contributed by atoms with van der Waals surface area (Å²) < 4.78 is 13.2. The highest BCUT2D eigenvalue weighted by Gasteiger charge is 2.29. The Balaban J connectivity index is 2.27. The van der Waals surface area contributed by atoms with Gasteiger partial charge in [0.1, 0.15) is 5.82 Å². The molecule has 1 aromatic rings. The van der Waals surface area contributed by atoms with Gasteiger partial charge < -0.3 is 10.6 Å². The van der Waals surface area contributed by atoms with Crippen LogP contribution in [0.4, 0.5) is 10.1 Å². The van der Waals surface area contributed by atoms with Crippen molar-refractivity contribution in [1.82, 2.24) is 0 Å². The Morgan fingerprint density at radius 2 is 2.18 bits per heavy atom. The van der Waals surface area contributed by atoms with Crippen LogP contribution in [0.3, 0.4) is 0 Å². The number of fused-ring (bicyclic) bond motifs is 1. The molecule has 1 atom stereocenters. The van der Waals surface area contributed by atoms with Gasteiger partial charge in [0, 0.05) is 12.2 Å². The second-order valence-corrected chi connectivity index (χ2v) is 4.78. The topological polar surface area (TPSA) is 46.3 Å². The molecule has 1 unspecified atom stereocenters. The van der Waals surface area contributed by atoms with Crippen LogP contribution in [0.2, 0.25) is 0 Å². The fourth-order valence-electron chi connectivity index (χ4n) is 2.05. The van der Waals surface area contributed by atoms with Crippen molar-refractivity contribution < 1.29 is 9.18 Å². The maximum atomic E-state index is 13.2. The number of rotatable bonds is 2. The molecular formula is C13H17FN2O. The molecule has 0 aromatic heterocycles. The SMILES string of the molecule is CC(C)C(N)C(=O)N1CCc2ccc(F)cc21. The number of benzene rings is 1. The van der Waals surface area contributed by atoms with Crippen molar-refractivity contribution in [3.8, 4) is 0 Å². The quantitative estimate of drug-likeness (QED) is 0.849. The van der Waals surface area contributed by atoms with Gasteiger partial charge in [0.05, 0.1) is 6.04 Å². The van der Waals surface area contributed by atoms with E-state index in [1.807, 2.05) is 13.8 Å². The molecule has 0 radical (unpaired) electrons. The highest BCUT2D eigenvalue weighted by Crippen LogP contribution is 2.29. The third kappa shape index (κ3) is 2.17. The first kappa shape index (κ1) is 12.0. The summed E-state index contributed by atoms with van der Waals surface area (Å²) in [5, 5.41) is 0. The monoisotopic (exact) mass is 236 g/mol. The van der Waals surface area contributed by atoms with Crippen LogP contribution in [-0.2, 0) is 11.2 Å². The maximum absolute atomic E-state index is 13.2. The first-order valence-corrected chi connectivity index (χ1v) is 5.86. The van der Waals surface area contributed by atoms with E-state index in [9.17, 15) is 9.18 Å². The number of halogens is 1. The number of carbonyl (C=O) groups is 1. The Kier molecular flexibility index (Phi) is 3.15. The zero-order valence-corrected chi connectivity index (χ0v) is 10.1. The van der Waals surface area contributed by atoms with Crippen molar-refractivity contribution in [2.24, 2.45) is 11.7 Å². The van der Waals surface area contributed by atoms with E-state index >= 15 is 0 Å². The molecule has 92 valence electrons. The van der Waals surface area contributed by atoms with E-state index in [4.69, 9.17) is 5.73 Å². The van der Waals surface area contributed by atoms with E-state index in [1.165, 1.54) is 12.1 Å². The summed E-state index contributed by atoms with van der Waals surface area (Å²) in [7, 11) is 0. The molecule has 17 heavy (non-hydrogen) atoms. The van der Waals surface area contributed by atoms with Crippen LogP contribution in [0, 0.1) is 11.7 Å². The highest BCUT2D eigenvalue weighted by molar-refractivity contribution is 5.99. The van der Waals surface area contributed by atoms with Crippen LogP contribution in [0.25, 0.3) is 0 Å². The van der Waals surface area contributed by atoms with E-state index in [0.29, 0.717) is 12.2 Å². The first-order valence-electron chi connectivity index (χ1n) is 5.86. The average Bonchev–Trinajstić information content (AvgIpc) is 2.69. The summed E-state index contributed by atoms with van der Waals surface area (Å²) in [6, 6.07) is 4.05. The van der Waals surface area contributed by atoms with Gasteiger partial charge in [-0.15, -0.1) is 0 Å². The molecule has 0 bridgehead atoms. The predicted octanol–water partition coefficient (Wildman–Crippen LogP) is 1.70. The van der Waals surface area contributed by atoms with Crippen molar-refractivity contribution in [1.29, 1.82) is 0 Å². The van der Waals surface area contributed by atoms with Gasteiger partial charge >= 0.3 is 0 Å². The van der Waals surface area contributed by atoms with Crippen molar-refractivity contribution in [2.75, 3.05) is 11.4 Å². The van der Waals surface area contributed by atoms with Crippen molar-refractivity contribution in [2.45, 2.75) is 26.3 Å². The lowest BCUT2D eigenvalue weighted by atomic mass is 10.0. The van der Waals surface area contributed by atoms with E-state index in [0.717, 1.165) is 12.0 Å². The molecule has 0 spiro atoms. The number of hydrogen-bond donors (Lipinski definition) is 1. The van der Waals surface area contributed by atoms with Gasteiger partial charge in [-0.1, -0.05) is 19.9 Å². The number of amides is 1. The number of nitrogens with zero attached hydrogens (tertiary/aromatic N) is 1. The summed E-state index contributed by atoms with van der Waals surface area (Å²) >= 11 is 0. The zero-order valence-electron chi connectivity index (χ0n) is 10.1. The largest absolute Gasteiger partial charge is 0.320 e. The van der Waals surface area contributed by atoms with Gasteiger partial charge in [0.15, 0.2) is 0 Å². The molecule has 4 heteroatoms. The summed E-state index contributed by atoms with van der Waals surface area (Å²) in [4.78, 5) is 13.7. The highest BCUT2D eigenvalue weighted by atomic mass is 19.1. The van der Waals surface area contributed by atoms with Crippen LogP contribution in [0.1, 0.15) is 19.4 Å². The van der Waals surface area contributed by atoms with Crippen LogP contribution in [-0.4, -0.2) is 18.5 Å². The lowest BCUT2D eigenvalue weighted by Crippen LogP contribution is -2.46. The average molecular weight is 236 g/mol. The molecule has 3 nitrogen and oxygen atoms in total. The number of hydrogen-bond acceptors (Lipinski definition) is 2. The summed E-state index contributed by atoms with van der Waals surface area (Å²) in [5.41, 5.74) is 7.53. The number of anilines is 1. The third-order valence-electron chi connectivity index (χ3n) is 3.21. The van der Waals surface area contributed by atoms with Crippen LogP contribution >= 0.6 is 0 Å². The van der Waals surface area contributed by atoms with Gasteiger partial charge in [0.2, 0.25) is 5.91 Å². The van der Waals surface area contributed by atoms with Gasteiger partial charge in [-0.3, -0.25) is 4.79 Å². The lowest BCUT2D eigenvalue weighted by Gasteiger charge is -2.23. The van der Waals surface area contributed by atoms with Crippen molar-refractivity contribution in [3.05, 3.63) is 29.6 Å². The zero-order chi connectivity index (χ0) is 12.6. The van der Waals surface area contributed by atoms with Crippen LogP contribution in [0.5, 0.6) is 0 Å². The minimum absolute atomic E-state index is 0.0834. The summed E-state index contributed by atoms with van der Waals surface area (Å²) in [6.07, 6.45) is 0.770. The molecule has 0 aliphatic carbocycles.